The van der Waals surface area contributed by atoms with Gasteiger partial charge in [0, 0.05) is 10.7 Å². The number of fused-ring (bicyclic) bond motifs is 1. The number of aromatic amines is 1. The number of H-pyrrole nitrogens is 1. The molecule has 0 unspecified atom stereocenters. The third-order valence-corrected chi connectivity index (χ3v) is 4.68. The van der Waals surface area contributed by atoms with Gasteiger partial charge >= 0.3 is 4.87 Å². The predicted octanol–water partition coefficient (Wildman–Crippen LogP) is 4.11. The van der Waals surface area contributed by atoms with Crippen LogP contribution in [0.3, 0.4) is 0 Å². The lowest BCUT2D eigenvalue weighted by Gasteiger charge is -2.04. The molecule has 0 spiro atoms. The quantitative estimate of drug-likeness (QED) is 0.698. The molecule has 1 N–H and O–H groups in total. The lowest BCUT2D eigenvalue weighted by Crippen LogP contribution is -1.92. The molecule has 0 bridgehead atoms. The number of thiazole rings is 1. The third kappa shape index (κ3) is 2.82. The van der Waals surface area contributed by atoms with E-state index < -0.39 is 0 Å². The van der Waals surface area contributed by atoms with Gasteiger partial charge < -0.3 is 0 Å². The number of aliphatic imine (C=N–C) groups is 1. The molecule has 0 aliphatic carbocycles. The summed E-state index contributed by atoms with van der Waals surface area (Å²) < 4.78 is 1.90. The van der Waals surface area contributed by atoms with Crippen LogP contribution in [0.2, 0.25) is 0 Å². The average molecular weight is 362 g/mol. The van der Waals surface area contributed by atoms with Crippen LogP contribution < -0.4 is 4.87 Å². The molecule has 21 heavy (non-hydrogen) atoms. The number of aryl methyl sites for hydroxylation is 2. The second-order valence-electron chi connectivity index (χ2n) is 4.67. The van der Waals surface area contributed by atoms with Crippen LogP contribution >= 0.6 is 27.3 Å². The van der Waals surface area contributed by atoms with E-state index in [1.54, 1.807) is 0 Å². The standard InChI is InChI=1S/C15H12BrN3OS/c1-8-12(17-7-10-3-5-11(16)6-4-10)9(2)18-14-13(8)21-15(20)19-14/h3-7H,1-2H3,(H,18,19,20). The summed E-state index contributed by atoms with van der Waals surface area (Å²) in [6.07, 6.45) is 1.81. The molecule has 3 rings (SSSR count). The Morgan fingerprint density at radius 2 is 2.00 bits per heavy atom. The van der Waals surface area contributed by atoms with Gasteiger partial charge in [-0.3, -0.25) is 14.8 Å². The molecule has 0 fully saturated rings. The Bertz CT molecular complexity index is 894. The molecule has 1 aromatic carbocycles. The molecule has 4 nitrogen and oxygen atoms in total. The zero-order chi connectivity index (χ0) is 15.0. The number of aromatic nitrogens is 2. The highest BCUT2D eigenvalue weighted by molar-refractivity contribution is 9.10. The van der Waals surface area contributed by atoms with Crippen molar-refractivity contribution in [3.63, 3.8) is 0 Å². The molecular formula is C15H12BrN3OS. The van der Waals surface area contributed by atoms with Crippen LogP contribution in [0.1, 0.15) is 16.8 Å². The van der Waals surface area contributed by atoms with Crippen molar-refractivity contribution >= 4 is 49.5 Å². The van der Waals surface area contributed by atoms with Crippen molar-refractivity contribution in [2.24, 2.45) is 4.99 Å². The number of nitrogens with one attached hydrogen (secondary N) is 1. The van der Waals surface area contributed by atoms with Crippen LogP contribution in [0.4, 0.5) is 5.69 Å². The monoisotopic (exact) mass is 361 g/mol. The van der Waals surface area contributed by atoms with Gasteiger partial charge in [-0.15, -0.1) is 0 Å². The second-order valence-corrected chi connectivity index (χ2v) is 6.57. The SMILES string of the molecule is Cc1nc2[nH]c(=O)sc2c(C)c1N=Cc1ccc(Br)cc1. The summed E-state index contributed by atoms with van der Waals surface area (Å²) in [4.78, 5) is 23.1. The van der Waals surface area contributed by atoms with Gasteiger partial charge in [0.15, 0.2) is 5.65 Å². The maximum Gasteiger partial charge on any atom is 0.306 e. The van der Waals surface area contributed by atoms with E-state index in [0.717, 1.165) is 31.7 Å². The maximum absolute atomic E-state index is 11.5. The molecule has 0 aliphatic rings. The van der Waals surface area contributed by atoms with Crippen LogP contribution in [0, 0.1) is 13.8 Å². The molecule has 0 aliphatic heterocycles. The van der Waals surface area contributed by atoms with Crippen LogP contribution in [0.5, 0.6) is 0 Å². The lowest BCUT2D eigenvalue weighted by atomic mass is 10.2. The minimum Gasteiger partial charge on any atom is -0.297 e. The fourth-order valence-electron chi connectivity index (χ4n) is 2.13. The van der Waals surface area contributed by atoms with Gasteiger partial charge in [-0.2, -0.15) is 0 Å². The van der Waals surface area contributed by atoms with Crippen molar-refractivity contribution in [1.82, 2.24) is 9.97 Å². The number of hydrogen-bond donors (Lipinski definition) is 1. The predicted molar refractivity (Wildman–Crippen MR) is 91.1 cm³/mol. The number of benzene rings is 1. The van der Waals surface area contributed by atoms with Crippen LogP contribution in [0.15, 0.2) is 38.5 Å². The summed E-state index contributed by atoms with van der Waals surface area (Å²) >= 11 is 4.58. The largest absolute Gasteiger partial charge is 0.306 e. The minimum absolute atomic E-state index is 0.0889. The van der Waals surface area contributed by atoms with E-state index in [1.165, 1.54) is 11.3 Å². The molecular weight excluding hydrogens is 350 g/mol. The maximum atomic E-state index is 11.5. The second kappa shape index (κ2) is 5.54. The van der Waals surface area contributed by atoms with Crippen molar-refractivity contribution in [2.75, 3.05) is 0 Å². The first-order valence-electron chi connectivity index (χ1n) is 6.34. The summed E-state index contributed by atoms with van der Waals surface area (Å²) in [5.74, 6) is 0. The van der Waals surface area contributed by atoms with E-state index in [2.05, 4.69) is 30.9 Å². The van der Waals surface area contributed by atoms with E-state index in [4.69, 9.17) is 0 Å². The number of nitrogens with zero attached hydrogens (tertiary/aromatic N) is 2. The van der Waals surface area contributed by atoms with Gasteiger partial charge in [0.05, 0.1) is 16.1 Å². The molecule has 0 saturated heterocycles. The molecule has 0 saturated carbocycles. The number of pyridine rings is 1. The summed E-state index contributed by atoms with van der Waals surface area (Å²) in [6, 6.07) is 7.92. The summed E-state index contributed by atoms with van der Waals surface area (Å²) in [7, 11) is 0. The smallest absolute Gasteiger partial charge is 0.297 e. The zero-order valence-corrected chi connectivity index (χ0v) is 13.9. The molecule has 0 radical (unpaired) electrons. The van der Waals surface area contributed by atoms with Gasteiger partial charge in [0.2, 0.25) is 0 Å². The van der Waals surface area contributed by atoms with Crippen LogP contribution in [-0.4, -0.2) is 16.2 Å². The third-order valence-electron chi connectivity index (χ3n) is 3.16. The van der Waals surface area contributed by atoms with Gasteiger partial charge in [0.25, 0.3) is 0 Å². The highest BCUT2D eigenvalue weighted by Gasteiger charge is 2.11. The molecule has 106 valence electrons. The molecule has 0 atom stereocenters. The summed E-state index contributed by atoms with van der Waals surface area (Å²) in [5.41, 5.74) is 4.26. The number of rotatable bonds is 2. The average Bonchev–Trinajstić information content (AvgIpc) is 2.81. The van der Waals surface area contributed by atoms with Crippen molar-refractivity contribution < 1.29 is 0 Å². The minimum atomic E-state index is -0.0889. The normalized spacial score (nSPS) is 11.6. The fourth-order valence-corrected chi connectivity index (χ4v) is 3.17. The number of hydrogen-bond acceptors (Lipinski definition) is 4. The van der Waals surface area contributed by atoms with E-state index in [9.17, 15) is 4.79 Å². The van der Waals surface area contributed by atoms with Gasteiger partial charge in [0.1, 0.15) is 0 Å². The molecule has 6 heteroatoms. The first-order chi connectivity index (χ1) is 10.0. The first-order valence-corrected chi connectivity index (χ1v) is 7.95. The summed E-state index contributed by atoms with van der Waals surface area (Å²) in [6.45, 7) is 3.87. The van der Waals surface area contributed by atoms with E-state index in [-0.39, 0.29) is 4.87 Å². The van der Waals surface area contributed by atoms with Crippen molar-refractivity contribution in [3.05, 3.63) is 55.2 Å². The zero-order valence-electron chi connectivity index (χ0n) is 11.5. The first kappa shape index (κ1) is 14.2. The van der Waals surface area contributed by atoms with Crippen molar-refractivity contribution in [2.45, 2.75) is 13.8 Å². The van der Waals surface area contributed by atoms with Crippen molar-refractivity contribution in [1.29, 1.82) is 0 Å². The van der Waals surface area contributed by atoms with E-state index in [0.29, 0.717) is 5.65 Å². The summed E-state index contributed by atoms with van der Waals surface area (Å²) in [5, 5.41) is 0. The Labute approximate surface area is 133 Å². The Kier molecular flexibility index (Phi) is 3.73. The molecule has 2 heterocycles. The highest BCUT2D eigenvalue weighted by Crippen LogP contribution is 2.29. The van der Waals surface area contributed by atoms with Crippen molar-refractivity contribution in [3.8, 4) is 0 Å². The Morgan fingerprint density at radius 1 is 1.29 bits per heavy atom. The van der Waals surface area contributed by atoms with Crippen LogP contribution in [-0.2, 0) is 0 Å². The topological polar surface area (TPSA) is 58.1 Å². The van der Waals surface area contributed by atoms with Gasteiger partial charge in [-0.05, 0) is 37.1 Å². The molecule has 0 amide bonds. The Balaban J connectivity index is 2.07. The fraction of sp³-hybridized carbons (Fsp3) is 0.133. The Hall–Kier alpha value is -1.79. The highest BCUT2D eigenvalue weighted by atomic mass is 79.9. The van der Waals surface area contributed by atoms with E-state index >= 15 is 0 Å². The number of halogens is 1. The van der Waals surface area contributed by atoms with Gasteiger partial charge in [-0.25, -0.2) is 4.98 Å². The lowest BCUT2D eigenvalue weighted by molar-refractivity contribution is 1.18. The Morgan fingerprint density at radius 3 is 2.71 bits per heavy atom. The van der Waals surface area contributed by atoms with Crippen LogP contribution in [0.25, 0.3) is 10.3 Å². The molecule has 2 aromatic heterocycles. The van der Waals surface area contributed by atoms with Gasteiger partial charge in [-0.1, -0.05) is 39.4 Å². The van der Waals surface area contributed by atoms with E-state index in [1.807, 2.05) is 44.3 Å². The molecule has 3 aromatic rings.